The summed E-state index contributed by atoms with van der Waals surface area (Å²) in [6.45, 7) is 2.36. The van der Waals surface area contributed by atoms with Gasteiger partial charge in [-0.1, -0.05) is 0 Å². The topological polar surface area (TPSA) is 78.3 Å². The number of amides is 1. The molecule has 0 aliphatic carbocycles. The van der Waals surface area contributed by atoms with E-state index in [1.54, 1.807) is 14.0 Å². The maximum Gasteiger partial charge on any atom is 0.237 e. The van der Waals surface area contributed by atoms with E-state index in [2.05, 4.69) is 0 Å². The summed E-state index contributed by atoms with van der Waals surface area (Å²) in [6.07, 6.45) is 2.39. The van der Waals surface area contributed by atoms with Crippen molar-refractivity contribution in [2.24, 2.45) is 11.5 Å². The van der Waals surface area contributed by atoms with Gasteiger partial charge in [-0.15, -0.1) is 0 Å². The zero-order chi connectivity index (χ0) is 9.61. The Balaban J connectivity index is 3.54. The smallest absolute Gasteiger partial charge is 0.237 e. The first kappa shape index (κ1) is 11.4. The highest BCUT2D eigenvalue weighted by molar-refractivity contribution is 5.83. The number of unbranched alkanes of at least 4 members (excludes halogenated alkanes) is 1. The first-order valence-corrected chi connectivity index (χ1v) is 4.08. The summed E-state index contributed by atoms with van der Waals surface area (Å²) in [5, 5.41) is 0. The summed E-state index contributed by atoms with van der Waals surface area (Å²) in [5.74, 6) is -0.445. The van der Waals surface area contributed by atoms with Crippen molar-refractivity contribution in [1.29, 1.82) is 0 Å². The minimum atomic E-state index is -0.867. The normalized spacial score (nSPS) is 15.6. The molecule has 0 aromatic rings. The highest BCUT2D eigenvalue weighted by Gasteiger charge is 2.24. The Kier molecular flexibility index (Phi) is 4.85. The van der Waals surface area contributed by atoms with Crippen LogP contribution in [0.2, 0.25) is 0 Å². The molecule has 72 valence electrons. The van der Waals surface area contributed by atoms with Crippen LogP contribution in [0, 0.1) is 0 Å². The van der Waals surface area contributed by atoms with Gasteiger partial charge in [-0.25, -0.2) is 0 Å². The fourth-order valence-corrected chi connectivity index (χ4v) is 0.862. The van der Waals surface area contributed by atoms with Crippen molar-refractivity contribution < 1.29 is 9.53 Å². The Morgan fingerprint density at radius 1 is 1.50 bits per heavy atom. The van der Waals surface area contributed by atoms with Gasteiger partial charge in [-0.2, -0.15) is 0 Å². The molecule has 0 rings (SSSR count). The molecule has 0 saturated carbocycles. The molecule has 0 heterocycles. The van der Waals surface area contributed by atoms with Gasteiger partial charge in [0.05, 0.1) is 5.54 Å². The Morgan fingerprint density at radius 3 is 2.50 bits per heavy atom. The van der Waals surface area contributed by atoms with Gasteiger partial charge in [0.2, 0.25) is 5.91 Å². The molecule has 1 amide bonds. The van der Waals surface area contributed by atoms with Gasteiger partial charge in [-0.05, 0) is 26.2 Å². The van der Waals surface area contributed by atoms with Crippen LogP contribution in [0.4, 0.5) is 0 Å². The molecular formula is C8H18N2O2. The lowest BCUT2D eigenvalue weighted by molar-refractivity contribution is -0.122. The molecule has 4 N–H and O–H groups in total. The molecule has 0 spiro atoms. The number of carbonyl (C=O) groups excluding carboxylic acids is 1. The third-order valence-electron chi connectivity index (χ3n) is 1.86. The van der Waals surface area contributed by atoms with Gasteiger partial charge in [0.1, 0.15) is 0 Å². The molecule has 1 atom stereocenters. The summed E-state index contributed by atoms with van der Waals surface area (Å²) < 4.78 is 4.86. The van der Waals surface area contributed by atoms with Crippen LogP contribution in [0.15, 0.2) is 0 Å². The molecule has 1 unspecified atom stereocenters. The van der Waals surface area contributed by atoms with Crippen molar-refractivity contribution in [1.82, 2.24) is 0 Å². The van der Waals surface area contributed by atoms with Gasteiger partial charge in [0, 0.05) is 13.7 Å². The van der Waals surface area contributed by atoms with Gasteiger partial charge < -0.3 is 16.2 Å². The van der Waals surface area contributed by atoms with Crippen molar-refractivity contribution in [3.63, 3.8) is 0 Å². The summed E-state index contributed by atoms with van der Waals surface area (Å²) in [5.41, 5.74) is 9.85. The van der Waals surface area contributed by atoms with Crippen LogP contribution in [0.25, 0.3) is 0 Å². The second-order valence-corrected chi connectivity index (χ2v) is 3.23. The lowest BCUT2D eigenvalue weighted by Gasteiger charge is -2.19. The highest BCUT2D eigenvalue weighted by Crippen LogP contribution is 2.09. The van der Waals surface area contributed by atoms with Gasteiger partial charge in [-0.3, -0.25) is 4.79 Å². The zero-order valence-electron chi connectivity index (χ0n) is 7.80. The van der Waals surface area contributed by atoms with E-state index < -0.39 is 11.4 Å². The fourth-order valence-electron chi connectivity index (χ4n) is 0.862. The molecule has 0 radical (unpaired) electrons. The summed E-state index contributed by atoms with van der Waals surface area (Å²) >= 11 is 0. The van der Waals surface area contributed by atoms with Crippen molar-refractivity contribution in [2.75, 3.05) is 13.7 Å². The lowest BCUT2D eigenvalue weighted by atomic mass is 9.96. The van der Waals surface area contributed by atoms with E-state index in [9.17, 15) is 4.79 Å². The minimum Gasteiger partial charge on any atom is -0.385 e. The third kappa shape index (κ3) is 4.31. The monoisotopic (exact) mass is 174 g/mol. The van der Waals surface area contributed by atoms with Crippen LogP contribution in [0.5, 0.6) is 0 Å². The van der Waals surface area contributed by atoms with Crippen LogP contribution in [-0.2, 0) is 9.53 Å². The van der Waals surface area contributed by atoms with Crippen LogP contribution in [0.3, 0.4) is 0 Å². The highest BCUT2D eigenvalue weighted by atomic mass is 16.5. The molecule has 0 aromatic heterocycles. The number of ether oxygens (including phenoxy) is 1. The van der Waals surface area contributed by atoms with E-state index in [-0.39, 0.29) is 0 Å². The Labute approximate surface area is 73.2 Å². The Bertz CT molecular complexity index is 146. The fraction of sp³-hybridized carbons (Fsp3) is 0.875. The molecule has 0 aliphatic rings. The molecular weight excluding hydrogens is 156 g/mol. The standard InChI is InChI=1S/C8H18N2O2/c1-8(10,7(9)11)5-3-4-6-12-2/h3-6,10H2,1-2H3,(H2,9,11). The SMILES string of the molecule is COCCCCC(C)(N)C(N)=O. The number of methoxy groups -OCH3 is 1. The maximum absolute atomic E-state index is 10.8. The number of hydrogen-bond acceptors (Lipinski definition) is 3. The van der Waals surface area contributed by atoms with E-state index in [1.807, 2.05) is 0 Å². The second kappa shape index (κ2) is 5.11. The first-order chi connectivity index (χ1) is 5.50. The number of primary amides is 1. The van der Waals surface area contributed by atoms with Crippen LogP contribution in [0.1, 0.15) is 26.2 Å². The minimum absolute atomic E-state index is 0.445. The maximum atomic E-state index is 10.8. The van der Waals surface area contributed by atoms with Gasteiger partial charge in [0.25, 0.3) is 0 Å². The average molecular weight is 174 g/mol. The molecule has 0 saturated heterocycles. The molecule has 0 fully saturated rings. The zero-order valence-corrected chi connectivity index (χ0v) is 7.80. The van der Waals surface area contributed by atoms with E-state index in [0.717, 1.165) is 12.8 Å². The molecule has 0 aromatic carbocycles. The second-order valence-electron chi connectivity index (χ2n) is 3.23. The van der Waals surface area contributed by atoms with E-state index >= 15 is 0 Å². The lowest BCUT2D eigenvalue weighted by Crippen LogP contribution is -2.49. The first-order valence-electron chi connectivity index (χ1n) is 4.08. The Morgan fingerprint density at radius 2 is 2.08 bits per heavy atom. The van der Waals surface area contributed by atoms with Crippen LogP contribution in [-0.4, -0.2) is 25.2 Å². The average Bonchev–Trinajstić information content (AvgIpc) is 1.98. The molecule has 4 nitrogen and oxygen atoms in total. The van der Waals surface area contributed by atoms with Crippen LogP contribution >= 0.6 is 0 Å². The van der Waals surface area contributed by atoms with E-state index in [0.29, 0.717) is 13.0 Å². The molecule has 0 aliphatic heterocycles. The molecule has 4 heteroatoms. The quantitative estimate of drug-likeness (QED) is 0.556. The molecule has 12 heavy (non-hydrogen) atoms. The number of nitrogens with two attached hydrogens (primary N) is 2. The van der Waals surface area contributed by atoms with Crippen molar-refractivity contribution in [2.45, 2.75) is 31.7 Å². The van der Waals surface area contributed by atoms with E-state index in [4.69, 9.17) is 16.2 Å². The largest absolute Gasteiger partial charge is 0.385 e. The number of rotatable bonds is 6. The van der Waals surface area contributed by atoms with Crippen molar-refractivity contribution in [3.8, 4) is 0 Å². The summed E-state index contributed by atoms with van der Waals surface area (Å²) in [4.78, 5) is 10.8. The van der Waals surface area contributed by atoms with Crippen molar-refractivity contribution >= 4 is 5.91 Å². The van der Waals surface area contributed by atoms with Crippen molar-refractivity contribution in [3.05, 3.63) is 0 Å². The summed E-state index contributed by atoms with van der Waals surface area (Å²) in [6, 6.07) is 0. The van der Waals surface area contributed by atoms with E-state index in [1.165, 1.54) is 0 Å². The predicted molar refractivity (Wildman–Crippen MR) is 47.5 cm³/mol. The summed E-state index contributed by atoms with van der Waals surface area (Å²) in [7, 11) is 1.65. The Hall–Kier alpha value is -0.610. The third-order valence-corrected chi connectivity index (χ3v) is 1.86. The van der Waals surface area contributed by atoms with Gasteiger partial charge in [0.15, 0.2) is 0 Å². The number of carbonyl (C=O) groups is 1. The van der Waals surface area contributed by atoms with Gasteiger partial charge >= 0.3 is 0 Å². The molecule has 0 bridgehead atoms. The number of hydrogen-bond donors (Lipinski definition) is 2. The van der Waals surface area contributed by atoms with Crippen LogP contribution < -0.4 is 11.5 Å². The predicted octanol–water partition coefficient (Wildman–Crippen LogP) is 0.00580.